The Hall–Kier alpha value is -2.28. The first-order chi connectivity index (χ1) is 13.6. The molecule has 1 aromatic carbocycles. The number of aliphatic imine (C=N–C) groups is 1. The van der Waals surface area contributed by atoms with Crippen LogP contribution in [0.25, 0.3) is 0 Å². The monoisotopic (exact) mass is 390 g/mol. The topological polar surface area (TPSA) is 84.0 Å². The summed E-state index contributed by atoms with van der Waals surface area (Å²) >= 11 is 0. The molecule has 0 aromatic heterocycles. The van der Waals surface area contributed by atoms with Crippen LogP contribution < -0.4 is 20.7 Å². The molecule has 1 amide bonds. The normalized spacial score (nSPS) is 16.7. The van der Waals surface area contributed by atoms with Gasteiger partial charge >= 0.3 is 0 Å². The van der Waals surface area contributed by atoms with E-state index in [-0.39, 0.29) is 18.6 Å². The molecule has 0 spiro atoms. The van der Waals surface area contributed by atoms with E-state index in [0.29, 0.717) is 25.7 Å². The Kier molecular flexibility index (Phi) is 9.62. The first kappa shape index (κ1) is 22.0. The average Bonchev–Trinajstić information content (AvgIpc) is 3.21. The number of aryl methyl sites for hydroxylation is 1. The van der Waals surface area contributed by atoms with E-state index in [1.54, 1.807) is 0 Å². The number of nitrogens with one attached hydrogen (secondary N) is 3. The Morgan fingerprint density at radius 2 is 2.14 bits per heavy atom. The van der Waals surface area contributed by atoms with Crippen LogP contribution in [0.15, 0.2) is 23.2 Å². The predicted octanol–water partition coefficient (Wildman–Crippen LogP) is 2.13. The molecule has 7 heteroatoms. The van der Waals surface area contributed by atoms with Crippen molar-refractivity contribution in [2.75, 3.05) is 32.8 Å². The second-order valence-corrected chi connectivity index (χ2v) is 6.96. The first-order valence-electron chi connectivity index (χ1n) is 10.2. The summed E-state index contributed by atoms with van der Waals surface area (Å²) in [5.74, 6) is 1.42. The van der Waals surface area contributed by atoms with Crippen molar-refractivity contribution >= 4 is 11.9 Å². The molecule has 28 heavy (non-hydrogen) atoms. The molecule has 0 saturated carbocycles. The van der Waals surface area contributed by atoms with Gasteiger partial charge in [0.15, 0.2) is 5.96 Å². The zero-order chi connectivity index (χ0) is 20.2. The highest BCUT2D eigenvalue weighted by Gasteiger charge is 2.17. The van der Waals surface area contributed by atoms with Gasteiger partial charge in [0.05, 0.1) is 19.2 Å². The number of rotatable bonds is 10. The fraction of sp³-hybridized carbons (Fsp3) is 0.619. The number of carbonyl (C=O) groups is 1. The number of hydrogen-bond acceptors (Lipinski definition) is 4. The number of carbonyl (C=O) groups excluding carboxylic acids is 1. The van der Waals surface area contributed by atoms with Gasteiger partial charge in [0.1, 0.15) is 12.4 Å². The second-order valence-electron chi connectivity index (χ2n) is 6.96. The summed E-state index contributed by atoms with van der Waals surface area (Å²) in [7, 11) is 0. The van der Waals surface area contributed by atoms with Gasteiger partial charge in [-0.2, -0.15) is 0 Å². The highest BCUT2D eigenvalue weighted by molar-refractivity contribution is 5.86. The molecule has 1 heterocycles. The minimum atomic E-state index is -0.0385. The Balaban J connectivity index is 1.96. The average molecular weight is 391 g/mol. The van der Waals surface area contributed by atoms with E-state index in [2.05, 4.69) is 27.0 Å². The molecular formula is C21H34N4O3. The predicted molar refractivity (Wildman–Crippen MR) is 112 cm³/mol. The third-order valence-corrected chi connectivity index (χ3v) is 4.41. The van der Waals surface area contributed by atoms with Crippen molar-refractivity contribution < 1.29 is 14.3 Å². The minimum absolute atomic E-state index is 0.0385. The summed E-state index contributed by atoms with van der Waals surface area (Å²) in [5.41, 5.74) is 2.16. The van der Waals surface area contributed by atoms with Crippen molar-refractivity contribution in [3.05, 3.63) is 29.3 Å². The summed E-state index contributed by atoms with van der Waals surface area (Å²) in [6, 6.07) is 6.14. The Labute approximate surface area is 168 Å². The Morgan fingerprint density at radius 1 is 1.29 bits per heavy atom. The maximum atomic E-state index is 11.8. The fourth-order valence-corrected chi connectivity index (χ4v) is 2.88. The lowest BCUT2D eigenvalue weighted by atomic mass is 10.1. The summed E-state index contributed by atoms with van der Waals surface area (Å²) in [4.78, 5) is 16.4. The number of nitrogens with zero attached hydrogens (tertiary/aromatic N) is 1. The second kappa shape index (κ2) is 12.2. The largest absolute Gasteiger partial charge is 0.491 e. The van der Waals surface area contributed by atoms with Crippen molar-refractivity contribution in [3.8, 4) is 5.75 Å². The molecule has 1 fully saturated rings. The van der Waals surface area contributed by atoms with Gasteiger partial charge in [-0.05, 0) is 44.7 Å². The molecule has 1 aliphatic rings. The highest BCUT2D eigenvalue weighted by Crippen LogP contribution is 2.23. The molecule has 1 aromatic rings. The first-order valence-corrected chi connectivity index (χ1v) is 10.2. The van der Waals surface area contributed by atoms with Gasteiger partial charge in [-0.3, -0.25) is 4.79 Å². The summed E-state index contributed by atoms with van der Waals surface area (Å²) < 4.78 is 11.7. The van der Waals surface area contributed by atoms with Crippen LogP contribution in [0.4, 0.5) is 0 Å². The van der Waals surface area contributed by atoms with E-state index in [1.165, 1.54) is 0 Å². The lowest BCUT2D eigenvalue weighted by Gasteiger charge is -2.15. The molecule has 0 radical (unpaired) electrons. The molecule has 1 saturated heterocycles. The molecule has 156 valence electrons. The lowest BCUT2D eigenvalue weighted by molar-refractivity contribution is -0.120. The molecule has 7 nitrogen and oxygen atoms in total. The fourth-order valence-electron chi connectivity index (χ4n) is 2.88. The van der Waals surface area contributed by atoms with Gasteiger partial charge in [-0.15, -0.1) is 0 Å². The van der Waals surface area contributed by atoms with Crippen molar-refractivity contribution in [2.45, 2.75) is 52.7 Å². The molecule has 0 bridgehead atoms. The van der Waals surface area contributed by atoms with Gasteiger partial charge in [0.25, 0.3) is 0 Å². The zero-order valence-electron chi connectivity index (χ0n) is 17.3. The molecule has 1 aliphatic heterocycles. The molecule has 3 N–H and O–H groups in total. The Bertz CT molecular complexity index is 643. The number of benzene rings is 1. The van der Waals surface area contributed by atoms with Crippen molar-refractivity contribution in [3.63, 3.8) is 0 Å². The number of amides is 1. The quantitative estimate of drug-likeness (QED) is 0.421. The molecule has 2 rings (SSSR count). The SMILES string of the molecule is CCCNC(=O)CNC(=NCc1ccc(C)cc1OCC1CCCO1)NCC. The van der Waals surface area contributed by atoms with Gasteiger partial charge in [-0.1, -0.05) is 19.1 Å². The van der Waals surface area contributed by atoms with Crippen molar-refractivity contribution in [1.82, 2.24) is 16.0 Å². The standard InChI is InChI=1S/C21H34N4O3/c1-4-10-23-20(26)14-25-21(22-5-2)24-13-17-9-8-16(3)12-19(17)28-15-18-7-6-11-27-18/h8-9,12,18H,4-7,10-11,13-15H2,1-3H3,(H,23,26)(H2,22,24,25). The molecule has 0 aliphatic carbocycles. The Morgan fingerprint density at radius 3 is 2.86 bits per heavy atom. The van der Waals surface area contributed by atoms with Crippen LogP contribution in [0, 0.1) is 6.92 Å². The van der Waals surface area contributed by atoms with E-state index in [1.807, 2.05) is 32.9 Å². The summed E-state index contributed by atoms with van der Waals surface area (Å²) in [6.07, 6.45) is 3.25. The van der Waals surface area contributed by atoms with E-state index in [9.17, 15) is 4.79 Å². The third-order valence-electron chi connectivity index (χ3n) is 4.41. The lowest BCUT2D eigenvalue weighted by Crippen LogP contribution is -2.43. The molecular weight excluding hydrogens is 356 g/mol. The van der Waals surface area contributed by atoms with Gasteiger partial charge in [0, 0.05) is 25.3 Å². The summed E-state index contributed by atoms with van der Waals surface area (Å²) in [6.45, 7) is 9.53. The van der Waals surface area contributed by atoms with E-state index in [0.717, 1.165) is 49.3 Å². The maximum absolute atomic E-state index is 11.8. The van der Waals surface area contributed by atoms with Crippen molar-refractivity contribution in [1.29, 1.82) is 0 Å². The van der Waals surface area contributed by atoms with E-state index >= 15 is 0 Å². The van der Waals surface area contributed by atoms with Gasteiger partial charge in [-0.25, -0.2) is 4.99 Å². The van der Waals surface area contributed by atoms with Crippen molar-refractivity contribution in [2.24, 2.45) is 4.99 Å². The van der Waals surface area contributed by atoms with Crippen LogP contribution in [0.3, 0.4) is 0 Å². The van der Waals surface area contributed by atoms with Crippen LogP contribution in [0.1, 0.15) is 44.2 Å². The minimum Gasteiger partial charge on any atom is -0.491 e. The maximum Gasteiger partial charge on any atom is 0.239 e. The van der Waals surface area contributed by atoms with Crippen LogP contribution >= 0.6 is 0 Å². The number of ether oxygens (including phenoxy) is 2. The van der Waals surface area contributed by atoms with Crippen LogP contribution in [-0.4, -0.2) is 50.8 Å². The van der Waals surface area contributed by atoms with Crippen LogP contribution in [0.5, 0.6) is 5.75 Å². The smallest absolute Gasteiger partial charge is 0.239 e. The van der Waals surface area contributed by atoms with E-state index in [4.69, 9.17) is 9.47 Å². The third kappa shape index (κ3) is 7.76. The zero-order valence-corrected chi connectivity index (χ0v) is 17.3. The summed E-state index contributed by atoms with van der Waals surface area (Å²) in [5, 5.41) is 9.09. The van der Waals surface area contributed by atoms with Gasteiger partial charge in [0.2, 0.25) is 5.91 Å². The van der Waals surface area contributed by atoms with Crippen LogP contribution in [-0.2, 0) is 16.1 Å². The highest BCUT2D eigenvalue weighted by atomic mass is 16.5. The molecule has 1 unspecified atom stereocenters. The van der Waals surface area contributed by atoms with Gasteiger partial charge < -0.3 is 25.4 Å². The van der Waals surface area contributed by atoms with Crippen LogP contribution in [0.2, 0.25) is 0 Å². The number of guanidine groups is 1. The van der Waals surface area contributed by atoms with E-state index < -0.39 is 0 Å². The molecule has 1 atom stereocenters. The number of hydrogen-bond donors (Lipinski definition) is 3.